The number of ether oxygens (including phenoxy) is 1. The lowest BCUT2D eigenvalue weighted by atomic mass is 9.70. The van der Waals surface area contributed by atoms with E-state index >= 15 is 0 Å². The molecule has 1 unspecified atom stereocenters. The average molecular weight is 231 g/mol. The first kappa shape index (κ1) is 11.1. The third-order valence-corrected chi connectivity index (χ3v) is 4.44. The Morgan fingerprint density at radius 1 is 1.35 bits per heavy atom. The summed E-state index contributed by atoms with van der Waals surface area (Å²) in [5.41, 5.74) is 3.09. The van der Waals surface area contributed by atoms with E-state index in [4.69, 9.17) is 4.74 Å². The summed E-state index contributed by atoms with van der Waals surface area (Å²) in [6.45, 7) is 3.49. The van der Waals surface area contributed by atoms with Crippen LogP contribution in [-0.2, 0) is 6.42 Å². The van der Waals surface area contributed by atoms with Gasteiger partial charge in [0, 0.05) is 6.04 Å². The van der Waals surface area contributed by atoms with E-state index in [2.05, 4.69) is 30.4 Å². The highest BCUT2D eigenvalue weighted by Gasteiger charge is 2.33. The first-order valence-electron chi connectivity index (χ1n) is 6.68. The van der Waals surface area contributed by atoms with Gasteiger partial charge in [0.05, 0.1) is 7.11 Å². The highest BCUT2D eigenvalue weighted by atomic mass is 16.5. The van der Waals surface area contributed by atoms with Crippen LogP contribution in [0.1, 0.15) is 36.8 Å². The molecule has 2 heteroatoms. The van der Waals surface area contributed by atoms with Crippen LogP contribution in [0.4, 0.5) is 0 Å². The topological polar surface area (TPSA) is 21.3 Å². The Morgan fingerprint density at radius 3 is 3.06 bits per heavy atom. The predicted molar refractivity (Wildman–Crippen MR) is 69.6 cm³/mol. The van der Waals surface area contributed by atoms with Gasteiger partial charge in [-0.3, -0.25) is 0 Å². The molecule has 1 saturated heterocycles. The fourth-order valence-corrected chi connectivity index (χ4v) is 3.46. The van der Waals surface area contributed by atoms with Crippen molar-refractivity contribution in [1.82, 2.24) is 5.32 Å². The standard InChI is InChI=1S/C15H21NO/c1-10-7-15-12(9-16-10)4-3-11-8-13(17-2)5-6-14(11)15/h5-6,8,10,12,15-16H,3-4,7,9H2,1-2H3/t10-,12?,15-/m1/s1. The molecule has 3 rings (SSSR count). The number of benzene rings is 1. The molecule has 92 valence electrons. The molecule has 1 aliphatic heterocycles. The van der Waals surface area contributed by atoms with E-state index < -0.39 is 0 Å². The molecule has 0 radical (unpaired) electrons. The zero-order valence-corrected chi connectivity index (χ0v) is 10.7. The molecule has 1 aromatic carbocycles. The minimum atomic E-state index is 0.657. The third kappa shape index (κ3) is 1.95. The van der Waals surface area contributed by atoms with Crippen molar-refractivity contribution < 1.29 is 4.74 Å². The minimum absolute atomic E-state index is 0.657. The molecular weight excluding hydrogens is 210 g/mol. The summed E-state index contributed by atoms with van der Waals surface area (Å²) in [4.78, 5) is 0. The Kier molecular flexibility index (Phi) is 2.83. The summed E-state index contributed by atoms with van der Waals surface area (Å²) < 4.78 is 5.33. The highest BCUT2D eigenvalue weighted by molar-refractivity contribution is 5.40. The number of hydrogen-bond donors (Lipinski definition) is 1. The first-order valence-corrected chi connectivity index (χ1v) is 6.68. The van der Waals surface area contributed by atoms with Crippen molar-refractivity contribution in [3.05, 3.63) is 29.3 Å². The van der Waals surface area contributed by atoms with E-state index in [1.165, 1.54) is 31.4 Å². The number of hydrogen-bond acceptors (Lipinski definition) is 2. The fraction of sp³-hybridized carbons (Fsp3) is 0.600. The minimum Gasteiger partial charge on any atom is -0.497 e. The van der Waals surface area contributed by atoms with Crippen LogP contribution >= 0.6 is 0 Å². The Hall–Kier alpha value is -1.02. The van der Waals surface area contributed by atoms with Crippen LogP contribution in [0.3, 0.4) is 0 Å². The van der Waals surface area contributed by atoms with Crippen LogP contribution < -0.4 is 10.1 Å². The van der Waals surface area contributed by atoms with Crippen molar-refractivity contribution in [2.24, 2.45) is 5.92 Å². The van der Waals surface area contributed by atoms with E-state index in [9.17, 15) is 0 Å². The van der Waals surface area contributed by atoms with Crippen molar-refractivity contribution in [1.29, 1.82) is 0 Å². The van der Waals surface area contributed by atoms with Crippen molar-refractivity contribution in [2.75, 3.05) is 13.7 Å². The van der Waals surface area contributed by atoms with E-state index in [-0.39, 0.29) is 0 Å². The van der Waals surface area contributed by atoms with Crippen molar-refractivity contribution >= 4 is 0 Å². The second kappa shape index (κ2) is 4.34. The maximum atomic E-state index is 5.33. The summed E-state index contributed by atoms with van der Waals surface area (Å²) in [6, 6.07) is 7.30. The lowest BCUT2D eigenvalue weighted by molar-refractivity contribution is 0.253. The second-order valence-corrected chi connectivity index (χ2v) is 5.51. The number of rotatable bonds is 1. The molecule has 1 aromatic rings. The van der Waals surface area contributed by atoms with Crippen LogP contribution in [-0.4, -0.2) is 19.7 Å². The van der Waals surface area contributed by atoms with Crippen LogP contribution in [0, 0.1) is 5.92 Å². The van der Waals surface area contributed by atoms with Crippen LogP contribution in [0.2, 0.25) is 0 Å². The molecule has 17 heavy (non-hydrogen) atoms. The quantitative estimate of drug-likeness (QED) is 0.802. The predicted octanol–water partition coefficient (Wildman–Crippen LogP) is 2.72. The van der Waals surface area contributed by atoms with Gasteiger partial charge in [-0.2, -0.15) is 0 Å². The van der Waals surface area contributed by atoms with Gasteiger partial charge in [-0.25, -0.2) is 0 Å². The Bertz CT molecular complexity index is 415. The van der Waals surface area contributed by atoms with E-state index in [0.29, 0.717) is 6.04 Å². The number of fused-ring (bicyclic) bond motifs is 3. The molecule has 0 spiro atoms. The molecule has 2 aliphatic rings. The van der Waals surface area contributed by atoms with Crippen molar-refractivity contribution in [3.63, 3.8) is 0 Å². The number of methoxy groups -OCH3 is 1. The van der Waals surface area contributed by atoms with Gasteiger partial charge in [0.2, 0.25) is 0 Å². The number of aryl methyl sites for hydroxylation is 1. The molecule has 0 bridgehead atoms. The summed E-state index contributed by atoms with van der Waals surface area (Å²) in [6.07, 6.45) is 3.82. The Balaban J connectivity index is 1.94. The number of piperidine rings is 1. The molecule has 1 heterocycles. The lowest BCUT2D eigenvalue weighted by Crippen LogP contribution is -2.43. The van der Waals surface area contributed by atoms with E-state index in [1.54, 1.807) is 12.7 Å². The van der Waals surface area contributed by atoms with Gasteiger partial charge >= 0.3 is 0 Å². The molecule has 0 saturated carbocycles. The monoisotopic (exact) mass is 231 g/mol. The second-order valence-electron chi connectivity index (χ2n) is 5.51. The van der Waals surface area contributed by atoms with E-state index in [1.807, 2.05) is 0 Å². The lowest BCUT2D eigenvalue weighted by Gasteiger charge is -2.40. The smallest absolute Gasteiger partial charge is 0.119 e. The fourth-order valence-electron chi connectivity index (χ4n) is 3.46. The zero-order chi connectivity index (χ0) is 11.8. The summed E-state index contributed by atoms with van der Waals surface area (Å²) in [5.74, 6) is 2.61. The van der Waals surface area contributed by atoms with Gasteiger partial charge in [-0.05, 0) is 67.8 Å². The van der Waals surface area contributed by atoms with Crippen LogP contribution in [0.25, 0.3) is 0 Å². The first-order chi connectivity index (χ1) is 8.28. The zero-order valence-electron chi connectivity index (χ0n) is 10.7. The maximum absolute atomic E-state index is 5.33. The number of nitrogens with one attached hydrogen (secondary N) is 1. The summed E-state index contributed by atoms with van der Waals surface area (Å²) >= 11 is 0. The van der Waals surface area contributed by atoms with Gasteiger partial charge in [-0.15, -0.1) is 0 Å². The summed E-state index contributed by atoms with van der Waals surface area (Å²) in [5, 5.41) is 3.61. The molecule has 1 fully saturated rings. The average Bonchev–Trinajstić information content (AvgIpc) is 2.37. The molecule has 3 atom stereocenters. The molecule has 1 N–H and O–H groups in total. The Morgan fingerprint density at radius 2 is 2.24 bits per heavy atom. The van der Waals surface area contributed by atoms with Crippen LogP contribution in [0.15, 0.2) is 18.2 Å². The highest BCUT2D eigenvalue weighted by Crippen LogP contribution is 2.41. The largest absolute Gasteiger partial charge is 0.497 e. The molecule has 1 aliphatic carbocycles. The van der Waals surface area contributed by atoms with E-state index in [0.717, 1.165) is 17.6 Å². The van der Waals surface area contributed by atoms with Gasteiger partial charge in [0.25, 0.3) is 0 Å². The molecule has 0 aromatic heterocycles. The molecule has 0 amide bonds. The Labute approximate surface area is 103 Å². The van der Waals surface area contributed by atoms with Gasteiger partial charge in [0.1, 0.15) is 5.75 Å². The SMILES string of the molecule is COc1ccc2c(c1)CCC1CN[C@H](C)C[C@@H]21. The van der Waals surface area contributed by atoms with Crippen molar-refractivity contribution in [3.8, 4) is 5.75 Å². The van der Waals surface area contributed by atoms with Gasteiger partial charge < -0.3 is 10.1 Å². The molecule has 2 nitrogen and oxygen atoms in total. The van der Waals surface area contributed by atoms with Gasteiger partial charge in [-0.1, -0.05) is 6.07 Å². The normalized spacial score (nSPS) is 31.5. The third-order valence-electron chi connectivity index (χ3n) is 4.44. The maximum Gasteiger partial charge on any atom is 0.119 e. The molecular formula is C15H21NO. The van der Waals surface area contributed by atoms with Crippen molar-refractivity contribution in [2.45, 2.75) is 38.1 Å². The van der Waals surface area contributed by atoms with Gasteiger partial charge in [0.15, 0.2) is 0 Å². The summed E-state index contributed by atoms with van der Waals surface area (Å²) in [7, 11) is 1.75. The van der Waals surface area contributed by atoms with Crippen LogP contribution in [0.5, 0.6) is 5.75 Å².